The summed E-state index contributed by atoms with van der Waals surface area (Å²) in [4.78, 5) is 24.6. The molecular weight excluding hydrogens is 342 g/mol. The van der Waals surface area contributed by atoms with Gasteiger partial charge in [-0.2, -0.15) is 0 Å². The molecule has 2 aromatic rings. The van der Waals surface area contributed by atoms with Crippen LogP contribution in [0.3, 0.4) is 0 Å². The maximum atomic E-state index is 12.5. The van der Waals surface area contributed by atoms with Crippen molar-refractivity contribution in [2.24, 2.45) is 0 Å². The standard InChI is InChI=1S/C22H23NO4/c1-26-20(24)22(12-6-7-13-22)23-21(25)27-14-19-17-10-4-2-8-15(17)16-9-3-5-11-18(16)19/h2-5,8-11,19H,6-7,12-14H2,1H3,(H,23,25). The quantitative estimate of drug-likeness (QED) is 0.832. The van der Waals surface area contributed by atoms with Gasteiger partial charge in [0.15, 0.2) is 0 Å². The fourth-order valence-corrected chi connectivity index (χ4v) is 4.38. The third kappa shape index (κ3) is 3.07. The minimum atomic E-state index is -0.947. The molecule has 0 unspecified atom stereocenters. The SMILES string of the molecule is COC(=O)C1(NC(=O)OCC2c3ccccc3-c3ccccc32)CCCC1. The number of rotatable bonds is 4. The molecule has 0 heterocycles. The first-order valence-electron chi connectivity index (χ1n) is 9.36. The van der Waals surface area contributed by atoms with Crippen LogP contribution < -0.4 is 5.32 Å². The van der Waals surface area contributed by atoms with Gasteiger partial charge in [0, 0.05) is 5.92 Å². The average Bonchev–Trinajstić information content (AvgIpc) is 3.29. The van der Waals surface area contributed by atoms with Crippen LogP contribution in [0.2, 0.25) is 0 Å². The Balaban J connectivity index is 1.49. The molecule has 2 aliphatic rings. The topological polar surface area (TPSA) is 64.6 Å². The van der Waals surface area contributed by atoms with Crippen LogP contribution in [-0.2, 0) is 14.3 Å². The molecule has 5 heteroatoms. The van der Waals surface area contributed by atoms with E-state index in [0.717, 1.165) is 24.0 Å². The van der Waals surface area contributed by atoms with E-state index in [0.29, 0.717) is 12.8 Å². The second kappa shape index (κ2) is 7.06. The van der Waals surface area contributed by atoms with E-state index in [1.54, 1.807) is 0 Å². The summed E-state index contributed by atoms with van der Waals surface area (Å²) in [5, 5.41) is 2.78. The van der Waals surface area contributed by atoms with Crippen molar-refractivity contribution in [2.75, 3.05) is 13.7 Å². The fourth-order valence-electron chi connectivity index (χ4n) is 4.38. The summed E-state index contributed by atoms with van der Waals surface area (Å²) >= 11 is 0. The van der Waals surface area contributed by atoms with Crippen LogP contribution in [-0.4, -0.2) is 31.3 Å². The molecule has 5 nitrogen and oxygen atoms in total. The first-order chi connectivity index (χ1) is 13.1. The van der Waals surface area contributed by atoms with Gasteiger partial charge in [-0.25, -0.2) is 9.59 Å². The summed E-state index contributed by atoms with van der Waals surface area (Å²) in [6.45, 7) is 0.233. The number of fused-ring (bicyclic) bond motifs is 3. The van der Waals surface area contributed by atoms with Gasteiger partial charge in [0.05, 0.1) is 7.11 Å². The van der Waals surface area contributed by atoms with Crippen LogP contribution in [0.1, 0.15) is 42.7 Å². The normalized spacial score (nSPS) is 17.1. The van der Waals surface area contributed by atoms with Crippen molar-refractivity contribution >= 4 is 12.1 Å². The number of methoxy groups -OCH3 is 1. The van der Waals surface area contributed by atoms with Gasteiger partial charge in [-0.15, -0.1) is 0 Å². The van der Waals surface area contributed by atoms with Crippen molar-refractivity contribution in [3.63, 3.8) is 0 Å². The molecule has 0 aliphatic heterocycles. The fraction of sp³-hybridized carbons (Fsp3) is 0.364. The summed E-state index contributed by atoms with van der Waals surface area (Å²) < 4.78 is 10.5. The highest BCUT2D eigenvalue weighted by Crippen LogP contribution is 2.44. The van der Waals surface area contributed by atoms with Crippen molar-refractivity contribution in [3.05, 3.63) is 59.7 Å². The van der Waals surface area contributed by atoms with Crippen LogP contribution in [0.5, 0.6) is 0 Å². The largest absolute Gasteiger partial charge is 0.467 e. The van der Waals surface area contributed by atoms with E-state index in [2.05, 4.69) is 29.6 Å². The molecule has 1 fully saturated rings. The molecule has 1 saturated carbocycles. The molecule has 0 spiro atoms. The molecular formula is C22H23NO4. The van der Waals surface area contributed by atoms with Gasteiger partial charge >= 0.3 is 12.1 Å². The molecule has 0 saturated heterocycles. The average molecular weight is 365 g/mol. The highest BCUT2D eigenvalue weighted by atomic mass is 16.6. The van der Waals surface area contributed by atoms with Gasteiger partial charge in [0.25, 0.3) is 0 Å². The van der Waals surface area contributed by atoms with Crippen LogP contribution in [0.4, 0.5) is 4.79 Å². The summed E-state index contributed by atoms with van der Waals surface area (Å²) in [6.07, 6.45) is 2.38. The molecule has 1 amide bonds. The minimum absolute atomic E-state index is 0.000745. The molecule has 140 valence electrons. The van der Waals surface area contributed by atoms with Crippen molar-refractivity contribution in [3.8, 4) is 11.1 Å². The van der Waals surface area contributed by atoms with Gasteiger partial charge in [-0.05, 0) is 35.1 Å². The number of hydrogen-bond acceptors (Lipinski definition) is 4. The highest BCUT2D eigenvalue weighted by Gasteiger charge is 2.44. The lowest BCUT2D eigenvalue weighted by Gasteiger charge is -2.27. The Bertz CT molecular complexity index is 825. The monoisotopic (exact) mass is 365 g/mol. The van der Waals surface area contributed by atoms with Crippen molar-refractivity contribution < 1.29 is 19.1 Å². The molecule has 2 aromatic carbocycles. The van der Waals surface area contributed by atoms with Gasteiger partial charge in [0.1, 0.15) is 12.1 Å². The molecule has 0 radical (unpaired) electrons. The Morgan fingerprint density at radius 2 is 1.56 bits per heavy atom. The number of hydrogen-bond donors (Lipinski definition) is 1. The van der Waals surface area contributed by atoms with E-state index in [4.69, 9.17) is 9.47 Å². The predicted molar refractivity (Wildman–Crippen MR) is 101 cm³/mol. The van der Waals surface area contributed by atoms with Gasteiger partial charge in [-0.3, -0.25) is 0 Å². The Kier molecular flexibility index (Phi) is 4.60. The van der Waals surface area contributed by atoms with E-state index in [9.17, 15) is 9.59 Å². The molecule has 2 aliphatic carbocycles. The number of benzene rings is 2. The third-order valence-electron chi connectivity index (χ3n) is 5.72. The van der Waals surface area contributed by atoms with Crippen LogP contribution in [0.15, 0.2) is 48.5 Å². The lowest BCUT2D eigenvalue weighted by Crippen LogP contribution is -2.53. The maximum absolute atomic E-state index is 12.5. The van der Waals surface area contributed by atoms with Gasteiger partial charge < -0.3 is 14.8 Å². The van der Waals surface area contributed by atoms with Crippen LogP contribution >= 0.6 is 0 Å². The van der Waals surface area contributed by atoms with E-state index in [1.165, 1.54) is 18.2 Å². The number of carbonyl (C=O) groups excluding carboxylic acids is 2. The summed E-state index contributed by atoms with van der Waals surface area (Å²) in [5.74, 6) is -0.394. The molecule has 0 atom stereocenters. The van der Waals surface area contributed by atoms with Crippen LogP contribution in [0, 0.1) is 0 Å². The third-order valence-corrected chi connectivity index (χ3v) is 5.72. The lowest BCUT2D eigenvalue weighted by atomic mass is 9.98. The van der Waals surface area contributed by atoms with E-state index < -0.39 is 17.6 Å². The Labute approximate surface area is 158 Å². The van der Waals surface area contributed by atoms with E-state index in [-0.39, 0.29) is 12.5 Å². The zero-order chi connectivity index (χ0) is 18.9. The predicted octanol–water partition coefficient (Wildman–Crippen LogP) is 4.01. The summed E-state index contributed by atoms with van der Waals surface area (Å²) in [5.41, 5.74) is 3.75. The lowest BCUT2D eigenvalue weighted by molar-refractivity contribution is -0.148. The molecule has 0 aromatic heterocycles. The summed E-state index contributed by atoms with van der Waals surface area (Å²) in [6, 6.07) is 16.4. The molecule has 0 bridgehead atoms. The van der Waals surface area contributed by atoms with E-state index in [1.807, 2.05) is 24.3 Å². The van der Waals surface area contributed by atoms with Crippen molar-refractivity contribution in [2.45, 2.75) is 37.1 Å². The number of alkyl carbamates (subject to hydrolysis) is 1. The molecule has 4 rings (SSSR count). The van der Waals surface area contributed by atoms with Gasteiger partial charge in [-0.1, -0.05) is 61.4 Å². The van der Waals surface area contributed by atoms with Crippen LogP contribution in [0.25, 0.3) is 11.1 Å². The summed E-state index contributed by atoms with van der Waals surface area (Å²) in [7, 11) is 1.35. The smallest absolute Gasteiger partial charge is 0.408 e. The number of amides is 1. The first-order valence-corrected chi connectivity index (χ1v) is 9.36. The Hall–Kier alpha value is -2.82. The minimum Gasteiger partial charge on any atom is -0.467 e. The Morgan fingerprint density at radius 1 is 1.00 bits per heavy atom. The van der Waals surface area contributed by atoms with Gasteiger partial charge in [0.2, 0.25) is 0 Å². The number of esters is 1. The Morgan fingerprint density at radius 3 is 2.11 bits per heavy atom. The highest BCUT2D eigenvalue weighted by molar-refractivity contribution is 5.86. The molecule has 27 heavy (non-hydrogen) atoms. The number of nitrogens with one attached hydrogen (secondary N) is 1. The second-order valence-corrected chi connectivity index (χ2v) is 7.23. The number of ether oxygens (including phenoxy) is 2. The first kappa shape index (κ1) is 17.6. The van der Waals surface area contributed by atoms with Crippen molar-refractivity contribution in [1.82, 2.24) is 5.32 Å². The zero-order valence-electron chi connectivity index (χ0n) is 15.4. The van der Waals surface area contributed by atoms with Crippen molar-refractivity contribution in [1.29, 1.82) is 0 Å². The number of carbonyl (C=O) groups is 2. The second-order valence-electron chi connectivity index (χ2n) is 7.23. The zero-order valence-corrected chi connectivity index (χ0v) is 15.4. The maximum Gasteiger partial charge on any atom is 0.408 e. The van der Waals surface area contributed by atoms with E-state index >= 15 is 0 Å². The molecule has 1 N–H and O–H groups in total.